The minimum Gasteiger partial charge on any atom is -0.367 e. The summed E-state index contributed by atoms with van der Waals surface area (Å²) in [5.41, 5.74) is 5.18. The van der Waals surface area contributed by atoms with Crippen molar-refractivity contribution >= 4 is 11.7 Å². The highest BCUT2D eigenvalue weighted by Crippen LogP contribution is 2.01. The minimum atomic E-state index is -0.566. The second kappa shape index (κ2) is 3.84. The molecule has 70 valence electrons. The van der Waals surface area contributed by atoms with Crippen LogP contribution in [0.15, 0.2) is 12.4 Å². The first-order valence-electron chi connectivity index (χ1n) is 3.98. The standard InChI is InChI=1S/C8H12N4O/c1-5(2)12-7-4-10-6(3-11-7)8(9)13/h3-5H,1-2H3,(H2,9,13)(H,11,12). The number of hydrogen-bond donors (Lipinski definition) is 2. The van der Waals surface area contributed by atoms with Gasteiger partial charge < -0.3 is 11.1 Å². The maximum atomic E-state index is 10.6. The topological polar surface area (TPSA) is 80.9 Å². The SMILES string of the molecule is CC(C)Nc1cnc(C(N)=O)cn1. The third-order valence-corrected chi connectivity index (χ3v) is 1.34. The molecule has 1 aromatic heterocycles. The summed E-state index contributed by atoms with van der Waals surface area (Å²) in [6.07, 6.45) is 2.84. The summed E-state index contributed by atoms with van der Waals surface area (Å²) in [4.78, 5) is 18.4. The molecule has 5 heteroatoms. The first kappa shape index (κ1) is 9.44. The van der Waals surface area contributed by atoms with Crippen LogP contribution in [0.2, 0.25) is 0 Å². The number of primary amides is 1. The zero-order valence-electron chi connectivity index (χ0n) is 7.61. The Labute approximate surface area is 76.4 Å². The maximum absolute atomic E-state index is 10.6. The van der Waals surface area contributed by atoms with Gasteiger partial charge in [-0.1, -0.05) is 0 Å². The van der Waals surface area contributed by atoms with Gasteiger partial charge in [-0.2, -0.15) is 0 Å². The zero-order valence-corrected chi connectivity index (χ0v) is 7.61. The van der Waals surface area contributed by atoms with Crippen molar-refractivity contribution in [3.8, 4) is 0 Å². The summed E-state index contributed by atoms with van der Waals surface area (Å²) in [5.74, 6) is 0.0728. The van der Waals surface area contributed by atoms with Gasteiger partial charge in [-0.25, -0.2) is 9.97 Å². The number of carbonyl (C=O) groups is 1. The van der Waals surface area contributed by atoms with E-state index in [2.05, 4.69) is 15.3 Å². The van der Waals surface area contributed by atoms with Crippen molar-refractivity contribution in [3.63, 3.8) is 0 Å². The van der Waals surface area contributed by atoms with Gasteiger partial charge in [0.25, 0.3) is 5.91 Å². The number of nitrogens with two attached hydrogens (primary N) is 1. The number of amides is 1. The number of nitrogens with one attached hydrogen (secondary N) is 1. The number of carbonyl (C=O) groups excluding carboxylic acids is 1. The van der Waals surface area contributed by atoms with Gasteiger partial charge in [0.1, 0.15) is 11.5 Å². The minimum absolute atomic E-state index is 0.175. The number of nitrogens with zero attached hydrogens (tertiary/aromatic N) is 2. The summed E-state index contributed by atoms with van der Waals surface area (Å²) in [6, 6.07) is 0.286. The summed E-state index contributed by atoms with van der Waals surface area (Å²) < 4.78 is 0. The average Bonchev–Trinajstić information content (AvgIpc) is 2.04. The van der Waals surface area contributed by atoms with E-state index >= 15 is 0 Å². The van der Waals surface area contributed by atoms with Crippen LogP contribution in [0.25, 0.3) is 0 Å². The smallest absolute Gasteiger partial charge is 0.268 e. The van der Waals surface area contributed by atoms with Crippen molar-refractivity contribution in [2.75, 3.05) is 5.32 Å². The number of anilines is 1. The van der Waals surface area contributed by atoms with Gasteiger partial charge >= 0.3 is 0 Å². The van der Waals surface area contributed by atoms with Crippen LogP contribution in [0, 0.1) is 0 Å². The van der Waals surface area contributed by atoms with Crippen LogP contribution in [-0.2, 0) is 0 Å². The van der Waals surface area contributed by atoms with Crippen LogP contribution in [0.4, 0.5) is 5.82 Å². The second-order valence-corrected chi connectivity index (χ2v) is 2.95. The second-order valence-electron chi connectivity index (χ2n) is 2.95. The van der Waals surface area contributed by atoms with Crippen molar-refractivity contribution in [2.24, 2.45) is 5.73 Å². The quantitative estimate of drug-likeness (QED) is 0.705. The summed E-state index contributed by atoms with van der Waals surface area (Å²) in [6.45, 7) is 3.98. The van der Waals surface area contributed by atoms with Crippen molar-refractivity contribution < 1.29 is 4.79 Å². The molecule has 0 radical (unpaired) electrons. The fourth-order valence-corrected chi connectivity index (χ4v) is 0.826. The lowest BCUT2D eigenvalue weighted by Crippen LogP contribution is -2.15. The summed E-state index contributed by atoms with van der Waals surface area (Å²) in [5, 5.41) is 3.05. The maximum Gasteiger partial charge on any atom is 0.268 e. The molecular weight excluding hydrogens is 168 g/mol. The van der Waals surface area contributed by atoms with Gasteiger partial charge in [-0.15, -0.1) is 0 Å². The lowest BCUT2D eigenvalue weighted by Gasteiger charge is -2.07. The average molecular weight is 180 g/mol. The van der Waals surface area contributed by atoms with Crippen molar-refractivity contribution in [1.82, 2.24) is 9.97 Å². The van der Waals surface area contributed by atoms with E-state index in [1.54, 1.807) is 0 Å². The van der Waals surface area contributed by atoms with Gasteiger partial charge in [0.05, 0.1) is 12.4 Å². The highest BCUT2D eigenvalue weighted by atomic mass is 16.1. The summed E-state index contributed by atoms with van der Waals surface area (Å²) >= 11 is 0. The van der Waals surface area contributed by atoms with Gasteiger partial charge in [-0.3, -0.25) is 4.79 Å². The molecular formula is C8H12N4O. The Balaban J connectivity index is 2.75. The van der Waals surface area contributed by atoms with E-state index in [-0.39, 0.29) is 11.7 Å². The van der Waals surface area contributed by atoms with Crippen LogP contribution in [0.5, 0.6) is 0 Å². The Morgan fingerprint density at radius 2 is 2.15 bits per heavy atom. The lowest BCUT2D eigenvalue weighted by molar-refractivity contribution is 0.0995. The van der Waals surface area contributed by atoms with Crippen molar-refractivity contribution in [1.29, 1.82) is 0 Å². The molecule has 0 fully saturated rings. The van der Waals surface area contributed by atoms with Gasteiger partial charge in [0.15, 0.2) is 0 Å². The molecule has 1 heterocycles. The molecule has 0 saturated heterocycles. The number of rotatable bonds is 3. The largest absolute Gasteiger partial charge is 0.367 e. The fraction of sp³-hybridized carbons (Fsp3) is 0.375. The van der Waals surface area contributed by atoms with E-state index in [1.165, 1.54) is 12.4 Å². The van der Waals surface area contributed by atoms with E-state index in [4.69, 9.17) is 5.73 Å². The first-order valence-corrected chi connectivity index (χ1v) is 3.98. The molecule has 5 nitrogen and oxygen atoms in total. The van der Waals surface area contributed by atoms with Crippen molar-refractivity contribution in [3.05, 3.63) is 18.1 Å². The molecule has 1 amide bonds. The molecule has 0 aromatic carbocycles. The predicted molar refractivity (Wildman–Crippen MR) is 49.3 cm³/mol. The van der Waals surface area contributed by atoms with Crippen molar-refractivity contribution in [2.45, 2.75) is 19.9 Å². The normalized spacial score (nSPS) is 10.1. The van der Waals surface area contributed by atoms with Crippen LogP contribution in [0.1, 0.15) is 24.3 Å². The van der Waals surface area contributed by atoms with E-state index in [0.717, 1.165) is 0 Å². The van der Waals surface area contributed by atoms with Crippen LogP contribution in [-0.4, -0.2) is 21.9 Å². The fourth-order valence-electron chi connectivity index (χ4n) is 0.826. The third-order valence-electron chi connectivity index (χ3n) is 1.34. The monoisotopic (exact) mass is 180 g/mol. The van der Waals surface area contributed by atoms with Crippen LogP contribution in [0.3, 0.4) is 0 Å². The van der Waals surface area contributed by atoms with Crippen LogP contribution >= 0.6 is 0 Å². The van der Waals surface area contributed by atoms with Gasteiger partial charge in [-0.05, 0) is 13.8 Å². The molecule has 1 rings (SSSR count). The highest BCUT2D eigenvalue weighted by molar-refractivity contribution is 5.90. The molecule has 3 N–H and O–H groups in total. The molecule has 0 aliphatic carbocycles. The molecule has 0 aliphatic heterocycles. The zero-order chi connectivity index (χ0) is 9.84. The lowest BCUT2D eigenvalue weighted by atomic mass is 10.4. The molecule has 0 saturated carbocycles. The Bertz CT molecular complexity index is 294. The Hall–Kier alpha value is -1.65. The molecule has 13 heavy (non-hydrogen) atoms. The Morgan fingerprint density at radius 3 is 2.54 bits per heavy atom. The number of aromatic nitrogens is 2. The van der Waals surface area contributed by atoms with E-state index in [1.807, 2.05) is 13.8 Å². The Morgan fingerprint density at radius 1 is 1.46 bits per heavy atom. The first-order chi connectivity index (χ1) is 6.09. The van der Waals surface area contributed by atoms with Gasteiger partial charge in [0.2, 0.25) is 0 Å². The highest BCUT2D eigenvalue weighted by Gasteiger charge is 2.02. The predicted octanol–water partition coefficient (Wildman–Crippen LogP) is 0.396. The van der Waals surface area contributed by atoms with Crippen LogP contribution < -0.4 is 11.1 Å². The van der Waals surface area contributed by atoms with E-state index < -0.39 is 5.91 Å². The molecule has 0 aliphatic rings. The van der Waals surface area contributed by atoms with Gasteiger partial charge in [0, 0.05) is 6.04 Å². The van der Waals surface area contributed by atoms with E-state index in [9.17, 15) is 4.79 Å². The third kappa shape index (κ3) is 2.70. The summed E-state index contributed by atoms with van der Waals surface area (Å²) in [7, 11) is 0. The van der Waals surface area contributed by atoms with E-state index in [0.29, 0.717) is 5.82 Å². The Kier molecular flexibility index (Phi) is 2.79. The molecule has 0 unspecified atom stereocenters. The molecule has 0 atom stereocenters. The molecule has 1 aromatic rings. The molecule has 0 spiro atoms. The molecule has 0 bridgehead atoms. The number of hydrogen-bond acceptors (Lipinski definition) is 4.